The number of carboxylic acids is 1. The summed E-state index contributed by atoms with van der Waals surface area (Å²) in [6.45, 7) is 0. The van der Waals surface area contributed by atoms with Crippen LogP contribution in [0.3, 0.4) is 0 Å². The Morgan fingerprint density at radius 2 is 1.79 bits per heavy atom. The van der Waals surface area contributed by atoms with Crippen LogP contribution < -0.4 is 0 Å². The Kier molecular flexibility index (Phi) is 9.13. The smallest absolute Gasteiger partial charge is 0.317 e. The number of thioether (sulfide) groups is 1. The number of benzene rings is 1. The van der Waals surface area contributed by atoms with Crippen molar-refractivity contribution in [2.75, 3.05) is 5.33 Å². The van der Waals surface area contributed by atoms with Crippen molar-refractivity contribution in [1.82, 2.24) is 4.98 Å². The zero-order valence-electron chi connectivity index (χ0n) is 13.7. The van der Waals surface area contributed by atoms with E-state index in [9.17, 15) is 9.90 Å². The molecule has 1 N–H and O–H groups in total. The third kappa shape index (κ3) is 6.73. The zero-order valence-corrected chi connectivity index (χ0v) is 17.0. The average molecular weight is 430 g/mol. The number of nitrogens with zero attached hydrogens (tertiary/aromatic N) is 1. The molecule has 132 valence electrons. The second kappa shape index (κ2) is 11.1. The van der Waals surface area contributed by atoms with Crippen LogP contribution in [0.1, 0.15) is 51.4 Å². The lowest BCUT2D eigenvalue weighted by Crippen LogP contribution is -2.16. The molecule has 1 heterocycles. The van der Waals surface area contributed by atoms with E-state index in [4.69, 9.17) is 0 Å². The fraction of sp³-hybridized carbons (Fsp3) is 0.556. The Hall–Kier alpha value is -0.590. The van der Waals surface area contributed by atoms with Crippen LogP contribution in [0.25, 0.3) is 10.2 Å². The van der Waals surface area contributed by atoms with E-state index < -0.39 is 5.97 Å². The molecule has 0 saturated heterocycles. The summed E-state index contributed by atoms with van der Waals surface area (Å²) in [6, 6.07) is 7.95. The van der Waals surface area contributed by atoms with Gasteiger partial charge in [0.2, 0.25) is 0 Å². The summed E-state index contributed by atoms with van der Waals surface area (Å²) >= 11 is 6.43. The van der Waals surface area contributed by atoms with E-state index in [1.807, 2.05) is 24.3 Å². The molecule has 0 saturated carbocycles. The summed E-state index contributed by atoms with van der Waals surface area (Å²) in [5, 5.41) is 10.2. The predicted octanol–water partition coefficient (Wildman–Crippen LogP) is 6.36. The van der Waals surface area contributed by atoms with E-state index in [-0.39, 0.29) is 5.25 Å². The van der Waals surface area contributed by atoms with Crippen LogP contribution in [-0.4, -0.2) is 26.6 Å². The van der Waals surface area contributed by atoms with Crippen LogP contribution in [0.4, 0.5) is 0 Å². The molecule has 0 spiro atoms. The van der Waals surface area contributed by atoms with Crippen LogP contribution in [-0.2, 0) is 4.79 Å². The van der Waals surface area contributed by atoms with Crippen LogP contribution in [0.5, 0.6) is 0 Å². The van der Waals surface area contributed by atoms with Gasteiger partial charge >= 0.3 is 5.97 Å². The first-order valence-corrected chi connectivity index (χ1v) is 11.3. The number of aromatic nitrogens is 1. The van der Waals surface area contributed by atoms with Crippen LogP contribution >= 0.6 is 39.0 Å². The highest BCUT2D eigenvalue weighted by atomic mass is 79.9. The van der Waals surface area contributed by atoms with E-state index in [0.29, 0.717) is 0 Å². The fourth-order valence-corrected chi connectivity index (χ4v) is 5.25. The van der Waals surface area contributed by atoms with Gasteiger partial charge in [-0.3, -0.25) is 4.79 Å². The number of halogens is 1. The number of hydrogen-bond acceptors (Lipinski definition) is 4. The second-order valence-corrected chi connectivity index (χ2v) is 9.12. The fourth-order valence-electron chi connectivity index (χ4n) is 2.56. The monoisotopic (exact) mass is 429 g/mol. The van der Waals surface area contributed by atoms with Crippen molar-refractivity contribution in [2.24, 2.45) is 0 Å². The van der Waals surface area contributed by atoms with E-state index >= 15 is 0 Å². The van der Waals surface area contributed by atoms with Crippen molar-refractivity contribution in [2.45, 2.75) is 61.0 Å². The molecule has 24 heavy (non-hydrogen) atoms. The van der Waals surface area contributed by atoms with E-state index in [1.165, 1.54) is 43.9 Å². The molecule has 0 radical (unpaired) electrons. The average Bonchev–Trinajstić information content (AvgIpc) is 2.98. The highest BCUT2D eigenvalue weighted by Gasteiger charge is 2.20. The molecule has 0 aliphatic heterocycles. The Labute approximate surface area is 160 Å². The van der Waals surface area contributed by atoms with Gasteiger partial charge in [-0.2, -0.15) is 0 Å². The molecule has 0 aliphatic carbocycles. The van der Waals surface area contributed by atoms with Gasteiger partial charge in [0.25, 0.3) is 0 Å². The maximum Gasteiger partial charge on any atom is 0.317 e. The molecule has 3 nitrogen and oxygen atoms in total. The van der Waals surface area contributed by atoms with Gasteiger partial charge in [-0.05, 0) is 25.0 Å². The number of thiazole rings is 1. The minimum absolute atomic E-state index is 0.390. The number of alkyl halides is 1. The summed E-state index contributed by atoms with van der Waals surface area (Å²) in [7, 11) is 0. The standard InChI is InChI=1S/C18H24BrNO2S2/c19-13-9-5-3-1-2-4-6-12-16(17(21)22)24-18-20-14-10-7-8-11-15(14)23-18/h7-8,10-11,16H,1-6,9,12-13H2,(H,21,22). The number of unbranched alkanes of at least 4 members (excludes halogenated alkanes) is 6. The summed E-state index contributed by atoms with van der Waals surface area (Å²) < 4.78 is 1.98. The van der Waals surface area contributed by atoms with Crippen LogP contribution in [0, 0.1) is 0 Å². The van der Waals surface area contributed by atoms with Gasteiger partial charge in [-0.25, -0.2) is 4.98 Å². The highest BCUT2D eigenvalue weighted by molar-refractivity contribution is 9.09. The van der Waals surface area contributed by atoms with Gasteiger partial charge in [-0.1, -0.05) is 78.3 Å². The number of hydrogen-bond donors (Lipinski definition) is 1. The highest BCUT2D eigenvalue weighted by Crippen LogP contribution is 2.33. The van der Waals surface area contributed by atoms with Crippen molar-refractivity contribution in [3.8, 4) is 0 Å². The van der Waals surface area contributed by atoms with Gasteiger partial charge in [0.05, 0.1) is 10.2 Å². The molecule has 0 fully saturated rings. The van der Waals surface area contributed by atoms with Crippen molar-refractivity contribution in [1.29, 1.82) is 0 Å². The molecular formula is C18H24BrNO2S2. The Morgan fingerprint density at radius 1 is 1.12 bits per heavy atom. The molecule has 1 atom stereocenters. The SMILES string of the molecule is O=C(O)C(CCCCCCCCCBr)Sc1nc2ccccc2s1. The summed E-state index contributed by atoms with van der Waals surface area (Å²) in [6.07, 6.45) is 9.12. The Bertz CT molecular complexity index is 599. The first kappa shape index (κ1) is 19.7. The lowest BCUT2D eigenvalue weighted by Gasteiger charge is -2.09. The molecule has 6 heteroatoms. The van der Waals surface area contributed by atoms with Crippen molar-refractivity contribution >= 4 is 55.2 Å². The third-order valence-electron chi connectivity index (χ3n) is 3.89. The largest absolute Gasteiger partial charge is 0.480 e. The molecule has 0 amide bonds. The van der Waals surface area contributed by atoms with Crippen LogP contribution in [0.2, 0.25) is 0 Å². The van der Waals surface area contributed by atoms with Gasteiger partial charge in [0, 0.05) is 5.33 Å². The van der Waals surface area contributed by atoms with Gasteiger partial charge in [0.1, 0.15) is 5.25 Å². The van der Waals surface area contributed by atoms with Gasteiger partial charge in [0.15, 0.2) is 4.34 Å². The summed E-state index contributed by atoms with van der Waals surface area (Å²) in [4.78, 5) is 16.0. The maximum absolute atomic E-state index is 11.5. The normalized spacial score (nSPS) is 12.5. The Morgan fingerprint density at radius 3 is 2.46 bits per heavy atom. The predicted molar refractivity (Wildman–Crippen MR) is 108 cm³/mol. The molecule has 1 aromatic heterocycles. The van der Waals surface area contributed by atoms with Gasteiger partial charge in [-0.15, -0.1) is 11.3 Å². The minimum Gasteiger partial charge on any atom is -0.480 e. The molecule has 1 aromatic carbocycles. The molecule has 2 aromatic rings. The lowest BCUT2D eigenvalue weighted by atomic mass is 10.1. The number of fused-ring (bicyclic) bond motifs is 1. The quantitative estimate of drug-likeness (QED) is 0.242. The number of carboxylic acid groups (broad SMARTS) is 1. The van der Waals surface area contributed by atoms with E-state index in [0.717, 1.165) is 39.1 Å². The molecule has 2 rings (SSSR count). The summed E-state index contributed by atoms with van der Waals surface area (Å²) in [5.74, 6) is -0.725. The maximum atomic E-state index is 11.5. The first-order valence-electron chi connectivity index (χ1n) is 8.51. The van der Waals surface area contributed by atoms with E-state index in [2.05, 4.69) is 20.9 Å². The number of rotatable bonds is 12. The minimum atomic E-state index is -0.725. The lowest BCUT2D eigenvalue weighted by molar-refractivity contribution is -0.136. The molecule has 0 bridgehead atoms. The Balaban J connectivity index is 1.73. The zero-order chi connectivity index (χ0) is 17.2. The molecule has 1 unspecified atom stereocenters. The third-order valence-corrected chi connectivity index (χ3v) is 6.84. The topological polar surface area (TPSA) is 50.2 Å². The number of carbonyl (C=O) groups is 1. The molecule has 0 aliphatic rings. The van der Waals surface area contributed by atoms with Crippen molar-refractivity contribution in [3.05, 3.63) is 24.3 Å². The number of aliphatic carboxylic acids is 1. The first-order chi connectivity index (χ1) is 11.7. The van der Waals surface area contributed by atoms with Gasteiger partial charge < -0.3 is 5.11 Å². The van der Waals surface area contributed by atoms with Crippen molar-refractivity contribution < 1.29 is 9.90 Å². The second-order valence-electron chi connectivity index (χ2n) is 5.84. The molecular weight excluding hydrogens is 406 g/mol. The summed E-state index contributed by atoms with van der Waals surface area (Å²) in [5.41, 5.74) is 0.956. The van der Waals surface area contributed by atoms with Crippen molar-refractivity contribution in [3.63, 3.8) is 0 Å². The van der Waals surface area contributed by atoms with Crippen LogP contribution in [0.15, 0.2) is 28.6 Å². The van der Waals surface area contributed by atoms with E-state index in [1.54, 1.807) is 11.3 Å². The number of para-hydroxylation sites is 1.